The molecule has 1 aliphatic rings. The lowest BCUT2D eigenvalue weighted by Gasteiger charge is -2.33. The van der Waals surface area contributed by atoms with E-state index in [9.17, 15) is 4.79 Å². The zero-order chi connectivity index (χ0) is 16.1. The Labute approximate surface area is 134 Å². The van der Waals surface area contributed by atoms with Gasteiger partial charge in [0, 0.05) is 32.2 Å². The van der Waals surface area contributed by atoms with Crippen LogP contribution in [0.4, 0.5) is 0 Å². The van der Waals surface area contributed by atoms with Crippen molar-refractivity contribution in [2.75, 3.05) is 32.7 Å². The molecule has 0 aliphatic carbocycles. The molecule has 122 valence electrons. The van der Waals surface area contributed by atoms with E-state index in [1.165, 1.54) is 22.3 Å². The van der Waals surface area contributed by atoms with Gasteiger partial charge in [-0.1, -0.05) is 17.7 Å². The summed E-state index contributed by atoms with van der Waals surface area (Å²) in [5.74, 6) is 0.135. The van der Waals surface area contributed by atoms with E-state index in [1.54, 1.807) is 0 Å². The second kappa shape index (κ2) is 7.75. The summed E-state index contributed by atoms with van der Waals surface area (Å²) in [5.41, 5.74) is 5.31. The Bertz CT molecular complexity index is 504. The summed E-state index contributed by atoms with van der Waals surface area (Å²) in [6.07, 6.45) is 0.904. The fraction of sp³-hybridized carbons (Fsp3) is 0.611. The highest BCUT2D eigenvalue weighted by Gasteiger charge is 2.19. The summed E-state index contributed by atoms with van der Waals surface area (Å²) in [4.78, 5) is 14.3. The van der Waals surface area contributed by atoms with Crippen molar-refractivity contribution in [3.05, 3.63) is 34.4 Å². The van der Waals surface area contributed by atoms with Crippen LogP contribution in [0.25, 0.3) is 0 Å². The summed E-state index contributed by atoms with van der Waals surface area (Å²) < 4.78 is 0. The molecule has 0 saturated carbocycles. The SMILES string of the molecule is Cc1cc(C)c(CCNC(=O)CN2CCNC[C@H]2C)c(C)c1. The lowest BCUT2D eigenvalue weighted by atomic mass is 9.97. The molecule has 0 bridgehead atoms. The lowest BCUT2D eigenvalue weighted by Crippen LogP contribution is -2.52. The van der Waals surface area contributed by atoms with Gasteiger partial charge in [-0.15, -0.1) is 0 Å². The molecule has 4 heteroatoms. The molecule has 4 nitrogen and oxygen atoms in total. The standard InChI is InChI=1S/C18H29N3O/c1-13-9-14(2)17(15(3)10-13)5-6-20-18(22)12-21-8-7-19-11-16(21)4/h9-10,16,19H,5-8,11-12H2,1-4H3,(H,20,22)/t16-/m1/s1. The average Bonchev–Trinajstić information content (AvgIpc) is 2.44. The van der Waals surface area contributed by atoms with Crippen LogP contribution in [0.15, 0.2) is 12.1 Å². The Hall–Kier alpha value is -1.39. The van der Waals surface area contributed by atoms with Crippen LogP contribution in [-0.4, -0.2) is 49.6 Å². The smallest absolute Gasteiger partial charge is 0.234 e. The minimum atomic E-state index is 0.135. The van der Waals surface area contributed by atoms with Crippen molar-refractivity contribution in [1.29, 1.82) is 0 Å². The van der Waals surface area contributed by atoms with Gasteiger partial charge in [0.15, 0.2) is 0 Å². The highest BCUT2D eigenvalue weighted by Crippen LogP contribution is 2.16. The van der Waals surface area contributed by atoms with Crippen LogP contribution in [0, 0.1) is 20.8 Å². The third kappa shape index (κ3) is 4.55. The van der Waals surface area contributed by atoms with Crippen LogP contribution in [0.2, 0.25) is 0 Å². The van der Waals surface area contributed by atoms with E-state index in [0.717, 1.165) is 26.1 Å². The third-order valence-electron chi connectivity index (χ3n) is 4.52. The second-order valence-electron chi connectivity index (χ2n) is 6.50. The van der Waals surface area contributed by atoms with E-state index in [4.69, 9.17) is 0 Å². The average molecular weight is 303 g/mol. The molecule has 1 heterocycles. The Morgan fingerprint density at radius 2 is 2.00 bits per heavy atom. The van der Waals surface area contributed by atoms with Crippen molar-refractivity contribution in [1.82, 2.24) is 15.5 Å². The number of benzene rings is 1. The first-order valence-corrected chi connectivity index (χ1v) is 8.25. The van der Waals surface area contributed by atoms with E-state index < -0.39 is 0 Å². The number of hydrogen-bond donors (Lipinski definition) is 2. The van der Waals surface area contributed by atoms with E-state index in [0.29, 0.717) is 19.1 Å². The fourth-order valence-electron chi connectivity index (χ4n) is 3.29. The van der Waals surface area contributed by atoms with E-state index >= 15 is 0 Å². The normalized spacial score (nSPS) is 19.2. The minimum absolute atomic E-state index is 0.135. The van der Waals surface area contributed by atoms with Crippen molar-refractivity contribution >= 4 is 5.91 Å². The van der Waals surface area contributed by atoms with Crippen LogP contribution in [0.5, 0.6) is 0 Å². The van der Waals surface area contributed by atoms with Gasteiger partial charge in [-0.05, 0) is 50.8 Å². The van der Waals surface area contributed by atoms with E-state index in [2.05, 4.69) is 55.4 Å². The molecule has 2 N–H and O–H groups in total. The minimum Gasteiger partial charge on any atom is -0.355 e. The lowest BCUT2D eigenvalue weighted by molar-refractivity contribution is -0.122. The molecule has 0 aromatic heterocycles. The molecule has 0 spiro atoms. The molecule has 1 aromatic carbocycles. The number of nitrogens with one attached hydrogen (secondary N) is 2. The zero-order valence-electron chi connectivity index (χ0n) is 14.3. The third-order valence-corrected chi connectivity index (χ3v) is 4.52. The number of hydrogen-bond acceptors (Lipinski definition) is 3. The van der Waals surface area contributed by atoms with E-state index in [-0.39, 0.29) is 5.91 Å². The first-order valence-electron chi connectivity index (χ1n) is 8.25. The molecule has 1 aromatic rings. The number of carbonyl (C=O) groups excluding carboxylic acids is 1. The molecule has 1 fully saturated rings. The van der Waals surface area contributed by atoms with Crippen molar-refractivity contribution in [3.63, 3.8) is 0 Å². The zero-order valence-corrected chi connectivity index (χ0v) is 14.3. The monoisotopic (exact) mass is 303 g/mol. The first-order chi connectivity index (χ1) is 10.5. The molecule has 22 heavy (non-hydrogen) atoms. The van der Waals surface area contributed by atoms with Gasteiger partial charge >= 0.3 is 0 Å². The van der Waals surface area contributed by atoms with Gasteiger partial charge in [-0.25, -0.2) is 0 Å². The number of rotatable bonds is 5. The number of carbonyl (C=O) groups is 1. The maximum absolute atomic E-state index is 12.1. The maximum Gasteiger partial charge on any atom is 0.234 e. The largest absolute Gasteiger partial charge is 0.355 e. The van der Waals surface area contributed by atoms with Gasteiger partial charge in [0.05, 0.1) is 6.54 Å². The summed E-state index contributed by atoms with van der Waals surface area (Å²) in [5, 5.41) is 6.41. The van der Waals surface area contributed by atoms with Gasteiger partial charge in [-0.3, -0.25) is 9.69 Å². The molecular formula is C18H29N3O. The highest BCUT2D eigenvalue weighted by molar-refractivity contribution is 5.78. The number of aryl methyl sites for hydroxylation is 3. The molecule has 1 amide bonds. The second-order valence-corrected chi connectivity index (χ2v) is 6.50. The molecular weight excluding hydrogens is 274 g/mol. The Morgan fingerprint density at radius 1 is 1.32 bits per heavy atom. The van der Waals surface area contributed by atoms with Crippen LogP contribution in [0.1, 0.15) is 29.2 Å². The number of nitrogens with zero attached hydrogens (tertiary/aromatic N) is 1. The van der Waals surface area contributed by atoms with Crippen molar-refractivity contribution in [2.24, 2.45) is 0 Å². The van der Waals surface area contributed by atoms with Crippen LogP contribution >= 0.6 is 0 Å². The van der Waals surface area contributed by atoms with Crippen LogP contribution in [-0.2, 0) is 11.2 Å². The Balaban J connectivity index is 1.80. The molecule has 1 saturated heterocycles. The summed E-state index contributed by atoms with van der Waals surface area (Å²) in [6.45, 7) is 12.7. The Kier molecular flexibility index (Phi) is 5.98. The van der Waals surface area contributed by atoms with Gasteiger partial charge in [-0.2, -0.15) is 0 Å². The van der Waals surface area contributed by atoms with Crippen molar-refractivity contribution < 1.29 is 4.79 Å². The summed E-state index contributed by atoms with van der Waals surface area (Å²) in [6, 6.07) is 4.86. The number of amides is 1. The van der Waals surface area contributed by atoms with Crippen LogP contribution in [0.3, 0.4) is 0 Å². The predicted molar refractivity (Wildman–Crippen MR) is 91.3 cm³/mol. The van der Waals surface area contributed by atoms with Gasteiger partial charge < -0.3 is 10.6 Å². The van der Waals surface area contributed by atoms with Gasteiger partial charge in [0.25, 0.3) is 0 Å². The quantitative estimate of drug-likeness (QED) is 0.868. The van der Waals surface area contributed by atoms with Gasteiger partial charge in [0.2, 0.25) is 5.91 Å². The molecule has 0 unspecified atom stereocenters. The summed E-state index contributed by atoms with van der Waals surface area (Å²) >= 11 is 0. The van der Waals surface area contributed by atoms with E-state index in [1.807, 2.05) is 0 Å². The molecule has 1 atom stereocenters. The van der Waals surface area contributed by atoms with Crippen molar-refractivity contribution in [3.8, 4) is 0 Å². The molecule has 2 rings (SSSR count). The van der Waals surface area contributed by atoms with Crippen molar-refractivity contribution in [2.45, 2.75) is 40.2 Å². The first kappa shape index (κ1) is 17.0. The molecule has 1 aliphatic heterocycles. The summed E-state index contributed by atoms with van der Waals surface area (Å²) in [7, 11) is 0. The fourth-order valence-corrected chi connectivity index (χ4v) is 3.29. The molecule has 0 radical (unpaired) electrons. The number of piperazine rings is 1. The highest BCUT2D eigenvalue weighted by atomic mass is 16.2. The maximum atomic E-state index is 12.1. The van der Waals surface area contributed by atoms with Gasteiger partial charge in [0.1, 0.15) is 0 Å². The topological polar surface area (TPSA) is 44.4 Å². The van der Waals surface area contributed by atoms with Crippen LogP contribution < -0.4 is 10.6 Å². The predicted octanol–water partition coefficient (Wildman–Crippen LogP) is 1.56. The Morgan fingerprint density at radius 3 is 2.64 bits per heavy atom.